The van der Waals surface area contributed by atoms with Crippen LogP contribution < -0.4 is 11.2 Å². The zero-order valence-corrected chi connectivity index (χ0v) is 14.4. The van der Waals surface area contributed by atoms with Crippen molar-refractivity contribution in [3.05, 3.63) is 49.2 Å². The average molecular weight is 361 g/mol. The van der Waals surface area contributed by atoms with Crippen molar-refractivity contribution in [3.8, 4) is 0 Å². The molecule has 2 aromatic rings. The van der Waals surface area contributed by atoms with Crippen LogP contribution in [0.15, 0.2) is 26.7 Å². The van der Waals surface area contributed by atoms with Gasteiger partial charge in [-0.25, -0.2) is 9.78 Å². The number of carbonyl (C=O) groups excluding carboxylic acids is 1. The molecule has 2 aromatic heterocycles. The van der Waals surface area contributed by atoms with Crippen LogP contribution in [-0.4, -0.2) is 56.3 Å². The molecule has 9 heteroatoms. The largest absolute Gasteiger partial charge is 0.334 e. The highest BCUT2D eigenvalue weighted by Gasteiger charge is 2.38. The lowest BCUT2D eigenvalue weighted by molar-refractivity contribution is 0.0582. The smallest absolute Gasteiger partial charge is 0.325 e. The SMILES string of the molecule is O=C(c1c[nH]c(=O)[nH]c1=O)N1C[C@H]2CC[C@@H]1CN(Cc1cscn1)C2. The number of nitrogens with zero attached hydrogens (tertiary/aromatic N) is 3. The minimum atomic E-state index is -0.631. The fourth-order valence-corrected chi connectivity index (χ4v) is 4.37. The van der Waals surface area contributed by atoms with Crippen LogP contribution in [0.2, 0.25) is 0 Å². The second kappa shape index (κ2) is 6.57. The molecule has 1 amide bonds. The number of carbonyl (C=O) groups is 1. The number of aromatic amines is 2. The number of thiazole rings is 1. The standard InChI is InChI=1S/C16H19N5O3S/c22-14-13(3-17-16(24)19-14)15(23)21-5-10-1-2-12(21)7-20(4-10)6-11-8-25-9-18-11/h3,8-10,12H,1-2,4-7H2,(H2,17,19,22,24)/t10-,12+/m0/s1. The number of aromatic nitrogens is 3. The molecular formula is C16H19N5O3S. The van der Waals surface area contributed by atoms with E-state index in [1.807, 2.05) is 5.51 Å². The van der Waals surface area contributed by atoms with Crippen molar-refractivity contribution in [1.29, 1.82) is 0 Å². The minimum Gasteiger partial charge on any atom is -0.334 e. The number of amides is 1. The van der Waals surface area contributed by atoms with E-state index in [9.17, 15) is 14.4 Å². The number of piperidine rings is 1. The van der Waals surface area contributed by atoms with Crippen LogP contribution in [0, 0.1) is 5.92 Å². The van der Waals surface area contributed by atoms with Crippen LogP contribution >= 0.6 is 11.3 Å². The lowest BCUT2D eigenvalue weighted by Crippen LogP contribution is -2.49. The number of rotatable bonds is 3. The molecule has 0 aromatic carbocycles. The molecule has 25 heavy (non-hydrogen) atoms. The van der Waals surface area contributed by atoms with Gasteiger partial charge in [-0.3, -0.25) is 19.5 Å². The summed E-state index contributed by atoms with van der Waals surface area (Å²) in [5.74, 6) is 0.0888. The van der Waals surface area contributed by atoms with Gasteiger partial charge in [0.25, 0.3) is 11.5 Å². The van der Waals surface area contributed by atoms with E-state index in [-0.39, 0.29) is 17.5 Å². The highest BCUT2D eigenvalue weighted by Crippen LogP contribution is 2.29. The monoisotopic (exact) mass is 361 g/mol. The summed E-state index contributed by atoms with van der Waals surface area (Å²) in [6.07, 6.45) is 3.24. The maximum absolute atomic E-state index is 12.9. The van der Waals surface area contributed by atoms with E-state index >= 15 is 0 Å². The third kappa shape index (κ3) is 3.29. The molecule has 3 aliphatic heterocycles. The van der Waals surface area contributed by atoms with Crippen molar-refractivity contribution in [2.75, 3.05) is 19.6 Å². The number of fused-ring (bicyclic) bond motifs is 4. The Balaban J connectivity index is 1.55. The van der Waals surface area contributed by atoms with Gasteiger partial charge in [-0.2, -0.15) is 0 Å². The van der Waals surface area contributed by atoms with Crippen molar-refractivity contribution in [3.63, 3.8) is 0 Å². The Morgan fingerprint density at radius 3 is 2.92 bits per heavy atom. The molecule has 0 unspecified atom stereocenters. The van der Waals surface area contributed by atoms with Gasteiger partial charge < -0.3 is 9.88 Å². The predicted octanol–water partition coefficient (Wildman–Crippen LogP) is 0.256. The highest BCUT2D eigenvalue weighted by atomic mass is 32.1. The first-order valence-corrected chi connectivity index (χ1v) is 9.27. The van der Waals surface area contributed by atoms with Crippen molar-refractivity contribution in [2.45, 2.75) is 25.4 Å². The summed E-state index contributed by atoms with van der Waals surface area (Å²) in [5.41, 5.74) is 1.65. The van der Waals surface area contributed by atoms with E-state index in [2.05, 4.69) is 25.2 Å². The number of hydrogen-bond acceptors (Lipinski definition) is 6. The van der Waals surface area contributed by atoms with Gasteiger partial charge in [0.1, 0.15) is 5.56 Å². The average Bonchev–Trinajstić information content (AvgIpc) is 2.93. The molecule has 2 N–H and O–H groups in total. The molecule has 3 fully saturated rings. The van der Waals surface area contributed by atoms with Gasteiger partial charge in [0.05, 0.1) is 11.2 Å². The summed E-state index contributed by atoms with van der Waals surface area (Å²) in [6.45, 7) is 3.15. The van der Waals surface area contributed by atoms with Gasteiger partial charge in [-0.05, 0) is 18.8 Å². The van der Waals surface area contributed by atoms with Gasteiger partial charge >= 0.3 is 5.69 Å². The van der Waals surface area contributed by atoms with Crippen LogP contribution in [-0.2, 0) is 6.54 Å². The Morgan fingerprint density at radius 2 is 2.16 bits per heavy atom. The maximum Gasteiger partial charge on any atom is 0.325 e. The predicted molar refractivity (Wildman–Crippen MR) is 92.6 cm³/mol. The minimum absolute atomic E-state index is 0.00167. The third-order valence-corrected chi connectivity index (χ3v) is 5.60. The fraction of sp³-hybridized carbons (Fsp3) is 0.500. The van der Waals surface area contributed by atoms with Crippen LogP contribution in [0.25, 0.3) is 0 Å². The molecule has 0 spiro atoms. The summed E-state index contributed by atoms with van der Waals surface area (Å²) < 4.78 is 0. The second-order valence-electron chi connectivity index (χ2n) is 6.71. The van der Waals surface area contributed by atoms with Gasteiger partial charge in [0, 0.05) is 43.8 Å². The van der Waals surface area contributed by atoms with E-state index in [1.165, 1.54) is 6.20 Å². The quantitative estimate of drug-likeness (QED) is 0.816. The molecular weight excluding hydrogens is 342 g/mol. The third-order valence-electron chi connectivity index (χ3n) is 4.97. The summed E-state index contributed by atoms with van der Waals surface area (Å²) in [7, 11) is 0. The normalized spacial score (nSPS) is 23.6. The highest BCUT2D eigenvalue weighted by molar-refractivity contribution is 7.07. The molecule has 2 bridgehead atoms. The van der Waals surface area contributed by atoms with Gasteiger partial charge in [0.2, 0.25) is 0 Å². The molecule has 5 heterocycles. The van der Waals surface area contributed by atoms with Crippen LogP contribution in [0.5, 0.6) is 0 Å². The molecule has 0 aliphatic carbocycles. The van der Waals surface area contributed by atoms with Crippen LogP contribution in [0.3, 0.4) is 0 Å². The summed E-state index contributed by atoms with van der Waals surface area (Å²) >= 11 is 1.59. The first kappa shape index (κ1) is 16.2. The van der Waals surface area contributed by atoms with Crippen molar-refractivity contribution in [1.82, 2.24) is 24.8 Å². The van der Waals surface area contributed by atoms with E-state index in [0.29, 0.717) is 12.5 Å². The Hall–Kier alpha value is -2.26. The lowest BCUT2D eigenvalue weighted by Gasteiger charge is -2.36. The summed E-state index contributed by atoms with van der Waals surface area (Å²) in [4.78, 5) is 49.0. The van der Waals surface area contributed by atoms with E-state index in [0.717, 1.165) is 38.2 Å². The molecule has 0 radical (unpaired) electrons. The fourth-order valence-electron chi connectivity index (χ4n) is 3.82. The maximum atomic E-state index is 12.9. The lowest BCUT2D eigenvalue weighted by atomic mass is 9.94. The second-order valence-corrected chi connectivity index (χ2v) is 7.43. The molecule has 3 saturated heterocycles. The zero-order chi connectivity index (χ0) is 17.4. The van der Waals surface area contributed by atoms with E-state index in [4.69, 9.17) is 0 Å². The summed E-state index contributed by atoms with van der Waals surface area (Å²) in [5, 5.41) is 2.05. The van der Waals surface area contributed by atoms with Crippen LogP contribution in [0.4, 0.5) is 0 Å². The van der Waals surface area contributed by atoms with Gasteiger partial charge in [-0.15, -0.1) is 11.3 Å². The Kier molecular flexibility index (Phi) is 4.26. The Morgan fingerprint density at radius 1 is 1.28 bits per heavy atom. The molecule has 2 atom stereocenters. The Labute approximate surface area is 147 Å². The first-order chi connectivity index (χ1) is 12.1. The number of nitrogens with one attached hydrogen (secondary N) is 2. The van der Waals surface area contributed by atoms with Crippen molar-refractivity contribution < 1.29 is 4.79 Å². The number of H-pyrrole nitrogens is 2. The molecule has 5 rings (SSSR count). The van der Waals surface area contributed by atoms with Crippen molar-refractivity contribution in [2.24, 2.45) is 5.92 Å². The molecule has 132 valence electrons. The molecule has 8 nitrogen and oxygen atoms in total. The van der Waals surface area contributed by atoms with Crippen molar-refractivity contribution >= 4 is 17.2 Å². The number of hydrogen-bond donors (Lipinski definition) is 2. The Bertz CT molecular complexity index is 874. The van der Waals surface area contributed by atoms with Gasteiger partial charge in [-0.1, -0.05) is 0 Å². The van der Waals surface area contributed by atoms with Gasteiger partial charge in [0.15, 0.2) is 0 Å². The summed E-state index contributed by atoms with van der Waals surface area (Å²) in [6, 6.07) is 0.0798. The van der Waals surface area contributed by atoms with E-state index in [1.54, 1.807) is 16.2 Å². The molecule has 0 saturated carbocycles. The van der Waals surface area contributed by atoms with Crippen LogP contribution in [0.1, 0.15) is 28.9 Å². The molecule has 3 aliphatic rings. The van der Waals surface area contributed by atoms with E-state index < -0.39 is 11.2 Å². The zero-order valence-electron chi connectivity index (χ0n) is 13.6. The topological polar surface area (TPSA) is 102 Å². The first-order valence-electron chi connectivity index (χ1n) is 8.32.